The lowest BCUT2D eigenvalue weighted by molar-refractivity contribution is 0.109. The monoisotopic (exact) mass is 286 g/mol. The molecule has 1 aliphatic heterocycles. The molecule has 0 atom stereocenters. The third-order valence-corrected chi connectivity index (χ3v) is 3.46. The number of methoxy groups -OCH3 is 1. The van der Waals surface area contributed by atoms with Crippen LogP contribution in [0.3, 0.4) is 0 Å². The fraction of sp³-hybridized carbons (Fsp3) is 0.333. The van der Waals surface area contributed by atoms with E-state index in [2.05, 4.69) is 15.4 Å². The van der Waals surface area contributed by atoms with Crippen LogP contribution >= 0.6 is 0 Å². The van der Waals surface area contributed by atoms with Crippen molar-refractivity contribution in [1.82, 2.24) is 9.97 Å². The quantitative estimate of drug-likeness (QED) is 0.657. The topological polar surface area (TPSA) is 82.3 Å². The van der Waals surface area contributed by atoms with Crippen LogP contribution in [0, 0.1) is 0 Å². The van der Waals surface area contributed by atoms with Crippen LogP contribution < -0.4 is 11.3 Å². The molecule has 110 valence electrons. The van der Waals surface area contributed by atoms with Crippen molar-refractivity contribution in [3.05, 3.63) is 41.1 Å². The number of fused-ring (bicyclic) bond motifs is 1. The third kappa shape index (κ3) is 2.87. The minimum absolute atomic E-state index is 0.499. The van der Waals surface area contributed by atoms with Crippen molar-refractivity contribution in [1.29, 1.82) is 0 Å². The molecule has 0 unspecified atom stereocenters. The summed E-state index contributed by atoms with van der Waals surface area (Å²) in [6, 6.07) is 8.01. The highest BCUT2D eigenvalue weighted by molar-refractivity contribution is 5.60. The largest absolute Gasteiger partial charge is 0.380 e. The minimum Gasteiger partial charge on any atom is -0.380 e. The van der Waals surface area contributed by atoms with Crippen molar-refractivity contribution in [2.45, 2.75) is 19.6 Å². The van der Waals surface area contributed by atoms with Crippen LogP contribution in [0.5, 0.6) is 0 Å². The molecule has 0 bridgehead atoms. The zero-order chi connectivity index (χ0) is 14.7. The summed E-state index contributed by atoms with van der Waals surface area (Å²) in [6.45, 7) is 1.74. The highest BCUT2D eigenvalue weighted by Gasteiger charge is 2.18. The maximum absolute atomic E-state index is 5.58. The number of nitrogens with one attached hydrogen (secondary N) is 1. The summed E-state index contributed by atoms with van der Waals surface area (Å²) >= 11 is 0. The molecule has 21 heavy (non-hydrogen) atoms. The molecule has 3 rings (SSSR count). The van der Waals surface area contributed by atoms with Crippen molar-refractivity contribution in [2.24, 2.45) is 5.84 Å². The first kappa shape index (κ1) is 13.9. The Bertz CT molecular complexity index is 628. The number of hydrogen-bond acceptors (Lipinski definition) is 6. The second-order valence-corrected chi connectivity index (χ2v) is 4.90. The van der Waals surface area contributed by atoms with Crippen molar-refractivity contribution < 1.29 is 9.47 Å². The summed E-state index contributed by atoms with van der Waals surface area (Å²) in [4.78, 5) is 9.17. The standard InChI is InChI=1S/C15H18N4O2/c1-20-8-10-3-2-4-11(7-10)14-17-13-5-6-21-9-12(13)15(18-14)19-16/h2-4,7H,5-6,8-9,16H2,1H3,(H,17,18,19). The van der Waals surface area contributed by atoms with Crippen LogP contribution in [0.15, 0.2) is 24.3 Å². The molecule has 6 nitrogen and oxygen atoms in total. The van der Waals surface area contributed by atoms with Crippen LogP contribution in [-0.2, 0) is 29.1 Å². The van der Waals surface area contributed by atoms with E-state index in [9.17, 15) is 0 Å². The van der Waals surface area contributed by atoms with Crippen molar-refractivity contribution in [2.75, 3.05) is 19.1 Å². The van der Waals surface area contributed by atoms with Gasteiger partial charge in [0.1, 0.15) is 5.82 Å². The SMILES string of the molecule is COCc1cccc(-c2nc3c(c(NN)n2)COCC3)c1. The van der Waals surface area contributed by atoms with Crippen molar-refractivity contribution in [3.63, 3.8) is 0 Å². The second kappa shape index (κ2) is 6.17. The van der Waals surface area contributed by atoms with Crippen LogP contribution in [0.25, 0.3) is 11.4 Å². The van der Waals surface area contributed by atoms with Gasteiger partial charge in [-0.05, 0) is 11.6 Å². The molecule has 2 heterocycles. The van der Waals surface area contributed by atoms with E-state index in [0.29, 0.717) is 31.5 Å². The average molecular weight is 286 g/mol. The molecule has 0 amide bonds. The van der Waals surface area contributed by atoms with Crippen molar-refractivity contribution in [3.8, 4) is 11.4 Å². The summed E-state index contributed by atoms with van der Waals surface area (Å²) in [5.74, 6) is 6.88. The molecule has 1 aliphatic rings. The van der Waals surface area contributed by atoms with E-state index < -0.39 is 0 Å². The molecule has 0 spiro atoms. The Morgan fingerprint density at radius 3 is 3.10 bits per heavy atom. The Morgan fingerprint density at radius 1 is 1.38 bits per heavy atom. The van der Waals surface area contributed by atoms with Gasteiger partial charge in [0.2, 0.25) is 0 Å². The maximum Gasteiger partial charge on any atom is 0.161 e. The lowest BCUT2D eigenvalue weighted by Gasteiger charge is -2.19. The highest BCUT2D eigenvalue weighted by atomic mass is 16.5. The van der Waals surface area contributed by atoms with E-state index in [-0.39, 0.29) is 0 Å². The number of hydrogen-bond donors (Lipinski definition) is 2. The highest BCUT2D eigenvalue weighted by Crippen LogP contribution is 2.26. The number of hydrazine groups is 1. The van der Waals surface area contributed by atoms with E-state index in [1.54, 1.807) is 7.11 Å². The molecular formula is C15H18N4O2. The van der Waals surface area contributed by atoms with Gasteiger partial charge in [-0.3, -0.25) is 0 Å². The van der Waals surface area contributed by atoms with Gasteiger partial charge in [0.15, 0.2) is 5.82 Å². The van der Waals surface area contributed by atoms with Gasteiger partial charge in [-0.1, -0.05) is 18.2 Å². The Labute approximate surface area is 123 Å². The van der Waals surface area contributed by atoms with Crippen LogP contribution in [-0.4, -0.2) is 23.7 Å². The molecule has 1 aromatic carbocycles. The van der Waals surface area contributed by atoms with E-state index in [0.717, 1.165) is 28.8 Å². The van der Waals surface area contributed by atoms with Gasteiger partial charge in [0, 0.05) is 24.7 Å². The van der Waals surface area contributed by atoms with Gasteiger partial charge in [0.25, 0.3) is 0 Å². The average Bonchev–Trinajstić information content (AvgIpc) is 2.54. The summed E-state index contributed by atoms with van der Waals surface area (Å²) in [6.07, 6.45) is 0.775. The Morgan fingerprint density at radius 2 is 2.29 bits per heavy atom. The molecule has 1 aromatic heterocycles. The van der Waals surface area contributed by atoms with E-state index in [1.807, 2.05) is 24.3 Å². The Balaban J connectivity index is 2.04. The number of nitrogen functional groups attached to an aromatic ring is 1. The number of rotatable bonds is 4. The number of anilines is 1. The predicted molar refractivity (Wildman–Crippen MR) is 79.4 cm³/mol. The molecule has 0 aliphatic carbocycles. The first-order chi connectivity index (χ1) is 10.3. The lowest BCUT2D eigenvalue weighted by atomic mass is 10.1. The van der Waals surface area contributed by atoms with Crippen LogP contribution in [0.1, 0.15) is 16.8 Å². The summed E-state index contributed by atoms with van der Waals surface area (Å²) in [7, 11) is 1.68. The smallest absolute Gasteiger partial charge is 0.161 e. The summed E-state index contributed by atoms with van der Waals surface area (Å²) < 4.78 is 10.6. The fourth-order valence-corrected chi connectivity index (χ4v) is 2.45. The molecule has 3 N–H and O–H groups in total. The fourth-order valence-electron chi connectivity index (χ4n) is 2.45. The molecular weight excluding hydrogens is 268 g/mol. The van der Waals surface area contributed by atoms with Gasteiger partial charge in [-0.2, -0.15) is 0 Å². The second-order valence-electron chi connectivity index (χ2n) is 4.90. The van der Waals surface area contributed by atoms with Crippen LogP contribution in [0.2, 0.25) is 0 Å². The van der Waals surface area contributed by atoms with Gasteiger partial charge in [-0.25, -0.2) is 15.8 Å². The Kier molecular flexibility index (Phi) is 4.10. The number of nitrogens with two attached hydrogens (primary N) is 1. The number of aromatic nitrogens is 2. The lowest BCUT2D eigenvalue weighted by Crippen LogP contribution is -2.19. The van der Waals surface area contributed by atoms with Gasteiger partial charge in [0.05, 0.1) is 25.5 Å². The van der Waals surface area contributed by atoms with E-state index >= 15 is 0 Å². The normalized spacial score (nSPS) is 13.8. The molecule has 6 heteroatoms. The Hall–Kier alpha value is -2.02. The number of benzene rings is 1. The predicted octanol–water partition coefficient (Wildman–Crippen LogP) is 1.65. The molecule has 0 radical (unpaired) electrons. The summed E-state index contributed by atoms with van der Waals surface area (Å²) in [5, 5.41) is 0. The van der Waals surface area contributed by atoms with Gasteiger partial charge < -0.3 is 14.9 Å². The first-order valence-electron chi connectivity index (χ1n) is 6.84. The first-order valence-corrected chi connectivity index (χ1v) is 6.84. The molecule has 0 fully saturated rings. The van der Waals surface area contributed by atoms with Gasteiger partial charge in [-0.15, -0.1) is 0 Å². The van der Waals surface area contributed by atoms with E-state index in [1.165, 1.54) is 0 Å². The third-order valence-electron chi connectivity index (χ3n) is 3.46. The van der Waals surface area contributed by atoms with Gasteiger partial charge >= 0.3 is 0 Å². The van der Waals surface area contributed by atoms with Crippen LogP contribution in [0.4, 0.5) is 5.82 Å². The van der Waals surface area contributed by atoms with E-state index in [4.69, 9.17) is 15.3 Å². The number of nitrogens with zero attached hydrogens (tertiary/aromatic N) is 2. The molecule has 0 saturated carbocycles. The van der Waals surface area contributed by atoms with Crippen molar-refractivity contribution >= 4 is 5.82 Å². The molecule has 0 saturated heterocycles. The zero-order valence-electron chi connectivity index (χ0n) is 11.9. The summed E-state index contributed by atoms with van der Waals surface area (Å²) in [5.41, 5.74) is 6.63. The zero-order valence-corrected chi connectivity index (χ0v) is 11.9. The molecule has 2 aromatic rings. The maximum atomic E-state index is 5.58. The number of ether oxygens (including phenoxy) is 2. The minimum atomic E-state index is 0.499.